The highest BCUT2D eigenvalue weighted by Crippen LogP contribution is 2.21. The Morgan fingerprint density at radius 3 is 2.80 bits per heavy atom. The number of aliphatic imine (C=N–C) groups is 1. The van der Waals surface area contributed by atoms with Gasteiger partial charge < -0.3 is 4.74 Å². The van der Waals surface area contributed by atoms with E-state index in [2.05, 4.69) is 30.8 Å². The van der Waals surface area contributed by atoms with Crippen molar-refractivity contribution < 1.29 is 4.74 Å². The Balaban J connectivity index is 2.19. The van der Waals surface area contributed by atoms with Gasteiger partial charge in [0.25, 0.3) is 0 Å². The van der Waals surface area contributed by atoms with Crippen LogP contribution in [0.5, 0.6) is 5.75 Å². The molecule has 0 radical (unpaired) electrons. The molecule has 0 saturated carbocycles. The van der Waals surface area contributed by atoms with Crippen LogP contribution in [-0.2, 0) is 0 Å². The first-order valence-corrected chi connectivity index (χ1v) is 6.47. The summed E-state index contributed by atoms with van der Waals surface area (Å²) in [7, 11) is 0. The van der Waals surface area contributed by atoms with E-state index in [9.17, 15) is 0 Å². The maximum absolute atomic E-state index is 5.39. The molecule has 0 aliphatic rings. The second-order valence-electron chi connectivity index (χ2n) is 4.54. The van der Waals surface area contributed by atoms with E-state index >= 15 is 0 Å². The van der Waals surface area contributed by atoms with Gasteiger partial charge in [-0.1, -0.05) is 30.2 Å². The van der Waals surface area contributed by atoms with Gasteiger partial charge in [0.05, 0.1) is 5.69 Å². The lowest BCUT2D eigenvalue weighted by Gasteiger charge is -2.04. The molecule has 2 aromatic rings. The minimum absolute atomic E-state index is 0.275. The number of ether oxygens (including phenoxy) is 1. The minimum atomic E-state index is 0.275. The predicted molar refractivity (Wildman–Crippen MR) is 83.9 cm³/mol. The smallest absolute Gasteiger partial charge is 0.148 e. The molecule has 0 heterocycles. The average Bonchev–Trinajstić information content (AvgIpc) is 2.47. The van der Waals surface area contributed by atoms with Crippen molar-refractivity contribution in [1.29, 1.82) is 0 Å². The van der Waals surface area contributed by atoms with Crippen LogP contribution >= 0.6 is 0 Å². The Kier molecular flexibility index (Phi) is 4.57. The molecule has 2 rings (SSSR count). The summed E-state index contributed by atoms with van der Waals surface area (Å²) >= 11 is 0. The molecule has 0 aromatic heterocycles. The summed E-state index contributed by atoms with van der Waals surface area (Å²) in [6, 6.07) is 13.8. The molecule has 20 heavy (non-hydrogen) atoms. The topological polar surface area (TPSA) is 21.6 Å². The van der Waals surface area contributed by atoms with Crippen LogP contribution in [0.4, 0.5) is 5.69 Å². The molecule has 2 nitrogen and oxygen atoms in total. The molecule has 0 aliphatic carbocycles. The second kappa shape index (κ2) is 6.58. The van der Waals surface area contributed by atoms with Crippen molar-refractivity contribution in [3.63, 3.8) is 0 Å². The normalized spacial score (nSPS) is 10.4. The first-order valence-electron chi connectivity index (χ1n) is 6.47. The van der Waals surface area contributed by atoms with Gasteiger partial charge in [-0.15, -0.1) is 6.42 Å². The molecule has 2 aromatic carbocycles. The quantitative estimate of drug-likeness (QED) is 0.602. The number of terminal acetylenes is 1. The second-order valence-corrected chi connectivity index (χ2v) is 4.54. The Morgan fingerprint density at radius 1 is 1.20 bits per heavy atom. The van der Waals surface area contributed by atoms with Gasteiger partial charge in [-0.05, 0) is 48.7 Å². The average molecular weight is 263 g/mol. The third-order valence-electron chi connectivity index (χ3n) is 3.11. The van der Waals surface area contributed by atoms with Gasteiger partial charge in [0.15, 0.2) is 0 Å². The number of aryl methyl sites for hydroxylation is 1. The largest absolute Gasteiger partial charge is 0.481 e. The number of hydrogen-bond donors (Lipinski definition) is 0. The summed E-state index contributed by atoms with van der Waals surface area (Å²) in [4.78, 5) is 4.54. The van der Waals surface area contributed by atoms with Gasteiger partial charge in [0.2, 0.25) is 0 Å². The highest BCUT2D eigenvalue weighted by Gasteiger charge is 1.98. The van der Waals surface area contributed by atoms with E-state index < -0.39 is 0 Å². The van der Waals surface area contributed by atoms with Gasteiger partial charge in [-0.3, -0.25) is 4.99 Å². The van der Waals surface area contributed by atoms with E-state index in [0.717, 1.165) is 17.0 Å². The van der Waals surface area contributed by atoms with Crippen LogP contribution in [0.3, 0.4) is 0 Å². The number of rotatable bonds is 4. The van der Waals surface area contributed by atoms with Crippen LogP contribution in [0.2, 0.25) is 0 Å². The number of benzene rings is 2. The van der Waals surface area contributed by atoms with Crippen molar-refractivity contribution in [1.82, 2.24) is 0 Å². The summed E-state index contributed by atoms with van der Waals surface area (Å²) in [5.41, 5.74) is 4.41. The van der Waals surface area contributed by atoms with Gasteiger partial charge in [-0.25, -0.2) is 0 Å². The Morgan fingerprint density at radius 2 is 2.00 bits per heavy atom. The molecular weight excluding hydrogens is 246 g/mol. The first-order chi connectivity index (χ1) is 9.70. The van der Waals surface area contributed by atoms with Gasteiger partial charge in [0.1, 0.15) is 12.4 Å². The van der Waals surface area contributed by atoms with Crippen molar-refractivity contribution in [2.75, 3.05) is 6.61 Å². The van der Waals surface area contributed by atoms with Crippen LogP contribution in [0.25, 0.3) is 0 Å². The van der Waals surface area contributed by atoms with Crippen LogP contribution in [0, 0.1) is 26.2 Å². The Hall–Kier alpha value is -2.53. The van der Waals surface area contributed by atoms with E-state index in [1.807, 2.05) is 42.6 Å². The summed E-state index contributed by atoms with van der Waals surface area (Å²) in [5.74, 6) is 3.21. The molecular formula is C18H17NO. The third kappa shape index (κ3) is 3.49. The lowest BCUT2D eigenvalue weighted by atomic mass is 10.1. The molecule has 0 bridgehead atoms. The minimum Gasteiger partial charge on any atom is -0.481 e. The first kappa shape index (κ1) is 13.9. The molecule has 0 atom stereocenters. The maximum Gasteiger partial charge on any atom is 0.148 e. The highest BCUT2D eigenvalue weighted by atomic mass is 16.5. The number of nitrogens with zero attached hydrogens (tertiary/aromatic N) is 1. The van der Waals surface area contributed by atoms with Crippen molar-refractivity contribution in [3.05, 3.63) is 59.2 Å². The summed E-state index contributed by atoms with van der Waals surface area (Å²) in [5, 5.41) is 0. The lowest BCUT2D eigenvalue weighted by Crippen LogP contribution is -1.94. The molecule has 0 N–H and O–H groups in total. The molecule has 0 fully saturated rings. The van der Waals surface area contributed by atoms with Gasteiger partial charge >= 0.3 is 0 Å². The molecule has 0 spiro atoms. The van der Waals surface area contributed by atoms with E-state index in [0.29, 0.717) is 0 Å². The third-order valence-corrected chi connectivity index (χ3v) is 3.11. The zero-order valence-corrected chi connectivity index (χ0v) is 11.8. The predicted octanol–water partition coefficient (Wildman–Crippen LogP) is 4.07. The van der Waals surface area contributed by atoms with Gasteiger partial charge in [0, 0.05) is 6.21 Å². The zero-order valence-electron chi connectivity index (χ0n) is 11.8. The van der Waals surface area contributed by atoms with E-state index in [1.54, 1.807) is 0 Å². The van der Waals surface area contributed by atoms with Crippen molar-refractivity contribution >= 4 is 11.9 Å². The van der Waals surface area contributed by atoms with Crippen LogP contribution < -0.4 is 4.74 Å². The Bertz CT molecular complexity index is 665. The summed E-state index contributed by atoms with van der Waals surface area (Å²) < 4.78 is 5.39. The molecule has 100 valence electrons. The fourth-order valence-electron chi connectivity index (χ4n) is 1.83. The van der Waals surface area contributed by atoms with E-state index in [1.165, 1.54) is 11.1 Å². The molecule has 0 aliphatic heterocycles. The fraction of sp³-hybridized carbons (Fsp3) is 0.167. The van der Waals surface area contributed by atoms with Gasteiger partial charge in [-0.2, -0.15) is 0 Å². The highest BCUT2D eigenvalue weighted by molar-refractivity contribution is 5.82. The van der Waals surface area contributed by atoms with Crippen LogP contribution in [-0.4, -0.2) is 12.8 Å². The van der Waals surface area contributed by atoms with Crippen molar-refractivity contribution in [2.45, 2.75) is 13.8 Å². The molecule has 2 heteroatoms. The van der Waals surface area contributed by atoms with E-state index in [-0.39, 0.29) is 6.61 Å². The van der Waals surface area contributed by atoms with Crippen molar-refractivity contribution in [2.24, 2.45) is 4.99 Å². The maximum atomic E-state index is 5.39. The van der Waals surface area contributed by atoms with E-state index in [4.69, 9.17) is 11.2 Å². The number of hydrogen-bond acceptors (Lipinski definition) is 2. The molecule has 0 unspecified atom stereocenters. The standard InChI is InChI=1S/C18H17NO/c1-4-11-20-17-9-6-8-16(12-17)13-19-18-10-5-7-14(2)15(18)3/h1,5-10,12-13H,11H2,2-3H3. The monoisotopic (exact) mass is 263 g/mol. The van der Waals surface area contributed by atoms with Crippen LogP contribution in [0.15, 0.2) is 47.5 Å². The molecule has 0 saturated heterocycles. The fourth-order valence-corrected chi connectivity index (χ4v) is 1.83. The van der Waals surface area contributed by atoms with Crippen LogP contribution in [0.1, 0.15) is 16.7 Å². The summed E-state index contributed by atoms with van der Waals surface area (Å²) in [6.45, 7) is 4.44. The van der Waals surface area contributed by atoms with Crippen molar-refractivity contribution in [3.8, 4) is 18.1 Å². The lowest BCUT2D eigenvalue weighted by molar-refractivity contribution is 0.370. The summed E-state index contributed by atoms with van der Waals surface area (Å²) in [6.07, 6.45) is 7.02. The zero-order chi connectivity index (χ0) is 14.4. The molecule has 0 amide bonds. The SMILES string of the molecule is C#CCOc1cccc(C=Nc2cccc(C)c2C)c1. The Labute approximate surface area is 120 Å².